The third-order valence-electron chi connectivity index (χ3n) is 5.78. The molecule has 0 aromatic carbocycles. The molecule has 3 unspecified atom stereocenters. The molecule has 0 aromatic heterocycles. The molecule has 5 atom stereocenters. The maximum atomic E-state index is 11.2. The van der Waals surface area contributed by atoms with Gasteiger partial charge in [-0.05, 0) is 44.5 Å². The molecule has 0 heterocycles. The number of hydrogen-bond acceptors (Lipinski definition) is 2. The molecule has 0 amide bonds. The first-order valence-corrected chi connectivity index (χ1v) is 9.28. The fourth-order valence-corrected chi connectivity index (χ4v) is 6.55. The standard InChI is InChI=1S/C15H31NOS/c1-8-15-9-11(15)13(16(5)6)12(10-15)18(7,17)14(2,3)4/h11-13,17H,8-10H2,1-7H3/t11?,12-,13?,15+/m1/s1. The predicted octanol–water partition coefficient (Wildman–Crippen LogP) is 3.81. The van der Waals surface area contributed by atoms with Gasteiger partial charge in [-0.15, -0.1) is 10.3 Å². The molecule has 2 nitrogen and oxygen atoms in total. The summed E-state index contributed by atoms with van der Waals surface area (Å²) in [4.78, 5) is 2.38. The van der Waals surface area contributed by atoms with Crippen molar-refractivity contribution in [3.8, 4) is 0 Å². The first kappa shape index (κ1) is 14.7. The van der Waals surface area contributed by atoms with Crippen LogP contribution >= 0.6 is 10.3 Å². The molecule has 3 heteroatoms. The minimum atomic E-state index is -1.56. The van der Waals surface area contributed by atoms with Crippen molar-refractivity contribution in [2.24, 2.45) is 11.3 Å². The number of rotatable bonds is 3. The van der Waals surface area contributed by atoms with Crippen LogP contribution in [0.1, 0.15) is 47.0 Å². The van der Waals surface area contributed by atoms with Crippen LogP contribution in [0.2, 0.25) is 0 Å². The van der Waals surface area contributed by atoms with Gasteiger partial charge in [0.25, 0.3) is 0 Å². The van der Waals surface area contributed by atoms with Crippen molar-refractivity contribution in [1.82, 2.24) is 4.90 Å². The van der Waals surface area contributed by atoms with Gasteiger partial charge in [-0.1, -0.05) is 34.1 Å². The van der Waals surface area contributed by atoms with Crippen LogP contribution in [-0.2, 0) is 0 Å². The zero-order chi connectivity index (χ0) is 13.9. The van der Waals surface area contributed by atoms with Gasteiger partial charge in [-0.2, -0.15) is 0 Å². The average molecular weight is 273 g/mol. The Labute approximate surface area is 115 Å². The van der Waals surface area contributed by atoms with Gasteiger partial charge >= 0.3 is 0 Å². The fraction of sp³-hybridized carbons (Fsp3) is 1.00. The van der Waals surface area contributed by atoms with Crippen molar-refractivity contribution in [3.63, 3.8) is 0 Å². The second kappa shape index (κ2) is 4.13. The fourth-order valence-electron chi connectivity index (χ4n) is 4.01. The Morgan fingerprint density at radius 3 is 2.22 bits per heavy atom. The highest BCUT2D eigenvalue weighted by molar-refractivity contribution is 8.30. The smallest absolute Gasteiger partial charge is 0.0268 e. The molecule has 0 aliphatic heterocycles. The topological polar surface area (TPSA) is 23.5 Å². The highest BCUT2D eigenvalue weighted by atomic mass is 32.3. The predicted molar refractivity (Wildman–Crippen MR) is 82.6 cm³/mol. The van der Waals surface area contributed by atoms with Gasteiger partial charge in [-0.25, -0.2) is 0 Å². The van der Waals surface area contributed by atoms with Crippen LogP contribution in [0.5, 0.6) is 0 Å². The Kier molecular flexibility index (Phi) is 3.37. The average Bonchev–Trinajstić information content (AvgIpc) is 2.82. The maximum Gasteiger partial charge on any atom is 0.0268 e. The van der Waals surface area contributed by atoms with Crippen molar-refractivity contribution in [2.75, 3.05) is 20.4 Å². The zero-order valence-corrected chi connectivity index (χ0v) is 14.0. The first-order chi connectivity index (χ1) is 8.07. The summed E-state index contributed by atoms with van der Waals surface area (Å²) in [6.07, 6.45) is 6.07. The quantitative estimate of drug-likeness (QED) is 0.845. The van der Waals surface area contributed by atoms with E-state index < -0.39 is 10.3 Å². The molecule has 2 aliphatic carbocycles. The van der Waals surface area contributed by atoms with Crippen LogP contribution in [0.3, 0.4) is 0 Å². The summed E-state index contributed by atoms with van der Waals surface area (Å²) in [5, 5.41) is 0.492. The second-order valence-electron chi connectivity index (χ2n) is 7.77. The Morgan fingerprint density at radius 2 is 1.83 bits per heavy atom. The minimum absolute atomic E-state index is 0.0254. The molecule has 0 aromatic rings. The highest BCUT2D eigenvalue weighted by Gasteiger charge is 2.67. The lowest BCUT2D eigenvalue weighted by molar-refractivity contribution is 0.269. The normalized spacial score (nSPS) is 44.6. The lowest BCUT2D eigenvalue weighted by atomic mass is 10.0. The number of nitrogens with zero attached hydrogens (tertiary/aromatic N) is 1. The van der Waals surface area contributed by atoms with E-state index in [0.717, 1.165) is 5.92 Å². The molecular weight excluding hydrogens is 242 g/mol. The zero-order valence-electron chi connectivity index (χ0n) is 13.2. The summed E-state index contributed by atoms with van der Waals surface area (Å²) >= 11 is 0. The summed E-state index contributed by atoms with van der Waals surface area (Å²) in [6, 6.07) is 0.592. The Balaban J connectivity index is 2.28. The van der Waals surface area contributed by atoms with Crippen LogP contribution in [0.15, 0.2) is 0 Å². The summed E-state index contributed by atoms with van der Waals surface area (Å²) in [7, 11) is 2.83. The van der Waals surface area contributed by atoms with Gasteiger partial charge in [0.05, 0.1) is 0 Å². The molecule has 2 fully saturated rings. The van der Waals surface area contributed by atoms with E-state index in [9.17, 15) is 4.55 Å². The van der Waals surface area contributed by atoms with Crippen LogP contribution in [0, 0.1) is 11.3 Å². The Morgan fingerprint density at radius 1 is 1.28 bits per heavy atom. The third-order valence-corrected chi connectivity index (χ3v) is 9.89. The number of hydrogen-bond donors (Lipinski definition) is 1. The lowest BCUT2D eigenvalue weighted by Crippen LogP contribution is -2.44. The van der Waals surface area contributed by atoms with Crippen molar-refractivity contribution in [1.29, 1.82) is 0 Å². The van der Waals surface area contributed by atoms with Crippen molar-refractivity contribution < 1.29 is 4.55 Å². The van der Waals surface area contributed by atoms with Crippen molar-refractivity contribution in [3.05, 3.63) is 0 Å². The van der Waals surface area contributed by atoms with E-state index in [0.29, 0.717) is 16.7 Å². The molecule has 0 saturated heterocycles. The Hall–Kier alpha value is 0.270. The summed E-state index contributed by atoms with van der Waals surface area (Å²) < 4.78 is 11.2. The van der Waals surface area contributed by atoms with Crippen LogP contribution in [-0.4, -0.2) is 45.8 Å². The molecule has 0 radical (unpaired) electrons. The van der Waals surface area contributed by atoms with Gasteiger partial charge in [0, 0.05) is 16.0 Å². The van der Waals surface area contributed by atoms with E-state index in [4.69, 9.17) is 0 Å². The Bertz CT molecular complexity index is 334. The molecule has 0 bridgehead atoms. The van der Waals surface area contributed by atoms with Crippen LogP contribution in [0.4, 0.5) is 0 Å². The third kappa shape index (κ3) is 1.94. The second-order valence-corrected chi connectivity index (χ2v) is 11.5. The largest absolute Gasteiger partial charge is 0.351 e. The molecule has 1 N–H and O–H groups in total. The summed E-state index contributed by atoms with van der Waals surface area (Å²) in [5.74, 6) is 0.837. The first-order valence-electron chi connectivity index (χ1n) is 7.22. The molecule has 18 heavy (non-hydrogen) atoms. The minimum Gasteiger partial charge on any atom is -0.351 e. The van der Waals surface area contributed by atoms with Crippen LogP contribution in [0.25, 0.3) is 0 Å². The van der Waals surface area contributed by atoms with E-state index in [-0.39, 0.29) is 4.75 Å². The molecule has 2 rings (SSSR count). The highest BCUT2D eigenvalue weighted by Crippen LogP contribution is 2.74. The van der Waals surface area contributed by atoms with Gasteiger partial charge < -0.3 is 9.45 Å². The lowest BCUT2D eigenvalue weighted by Gasteiger charge is -2.51. The van der Waals surface area contributed by atoms with E-state index in [1.165, 1.54) is 19.3 Å². The van der Waals surface area contributed by atoms with Gasteiger partial charge in [-0.3, -0.25) is 0 Å². The van der Waals surface area contributed by atoms with Crippen LogP contribution < -0.4 is 0 Å². The summed E-state index contributed by atoms with van der Waals surface area (Å²) in [5.41, 5.74) is 0.571. The SMILES string of the molecule is CC[C@@]12CC1C(N(C)C)[C@H](S(C)(O)C(C)(C)C)C2. The summed E-state index contributed by atoms with van der Waals surface area (Å²) in [6.45, 7) is 8.95. The van der Waals surface area contributed by atoms with E-state index in [1.54, 1.807) is 0 Å². The monoisotopic (exact) mass is 273 g/mol. The maximum absolute atomic E-state index is 11.2. The molecule has 2 saturated carbocycles. The van der Waals surface area contributed by atoms with E-state index in [1.807, 2.05) is 0 Å². The van der Waals surface area contributed by atoms with Gasteiger partial charge in [0.2, 0.25) is 0 Å². The van der Waals surface area contributed by atoms with Gasteiger partial charge in [0.15, 0.2) is 0 Å². The molecule has 0 spiro atoms. The molecule has 2 aliphatic rings. The van der Waals surface area contributed by atoms with E-state index >= 15 is 0 Å². The van der Waals surface area contributed by atoms with E-state index in [2.05, 4.69) is 52.9 Å². The van der Waals surface area contributed by atoms with Gasteiger partial charge in [0.1, 0.15) is 0 Å². The van der Waals surface area contributed by atoms with Crippen molar-refractivity contribution in [2.45, 2.75) is 63.0 Å². The molecular formula is C15H31NOS. The number of fused-ring (bicyclic) bond motifs is 1. The van der Waals surface area contributed by atoms with Crippen molar-refractivity contribution >= 4 is 10.3 Å². The molecule has 108 valence electrons.